The van der Waals surface area contributed by atoms with Gasteiger partial charge in [0.2, 0.25) is 5.91 Å². The molecule has 31 heavy (non-hydrogen) atoms. The quantitative estimate of drug-likeness (QED) is 0.668. The number of hydrogen-bond donors (Lipinski definition) is 0. The van der Waals surface area contributed by atoms with Crippen molar-refractivity contribution in [2.75, 3.05) is 26.2 Å². The van der Waals surface area contributed by atoms with E-state index in [1.54, 1.807) is 17.0 Å². The van der Waals surface area contributed by atoms with Gasteiger partial charge in [-0.1, -0.05) is 38.0 Å². The summed E-state index contributed by atoms with van der Waals surface area (Å²) in [6.07, 6.45) is 6.50. The molecule has 3 heterocycles. The van der Waals surface area contributed by atoms with Gasteiger partial charge < -0.3 is 9.80 Å². The third-order valence-electron chi connectivity index (χ3n) is 6.59. The summed E-state index contributed by atoms with van der Waals surface area (Å²) in [6.45, 7) is 5.47. The number of nitrogens with zero attached hydrogens (tertiary/aromatic N) is 4. The molecule has 0 spiro atoms. The Morgan fingerprint density at radius 2 is 1.65 bits per heavy atom. The minimum Gasteiger partial charge on any atom is -0.342 e. The minimum absolute atomic E-state index is 0.00912. The predicted octanol–water partition coefficient (Wildman–Crippen LogP) is 3.06. The highest BCUT2D eigenvalue weighted by molar-refractivity contribution is 6.04. The van der Waals surface area contributed by atoms with E-state index in [0.29, 0.717) is 48.9 Å². The predicted molar refractivity (Wildman–Crippen MR) is 120 cm³/mol. The van der Waals surface area contributed by atoms with E-state index in [-0.39, 0.29) is 23.3 Å². The number of rotatable bonds is 6. The van der Waals surface area contributed by atoms with E-state index in [1.165, 1.54) is 4.68 Å². The molecular weight excluding hydrogens is 392 g/mol. The van der Waals surface area contributed by atoms with Crippen LogP contribution < -0.4 is 5.56 Å². The number of carbonyl (C=O) groups excluding carboxylic acids is 2. The number of unbranched alkanes of at least 4 members (excludes halogenated alkanes) is 2. The number of amides is 2. The second kappa shape index (κ2) is 9.62. The van der Waals surface area contributed by atoms with Crippen LogP contribution in [0.3, 0.4) is 0 Å². The van der Waals surface area contributed by atoms with E-state index >= 15 is 0 Å². The lowest BCUT2D eigenvalue weighted by Gasteiger charge is -2.33. The maximum absolute atomic E-state index is 13.4. The number of aromatic nitrogens is 2. The van der Waals surface area contributed by atoms with Gasteiger partial charge in [0.25, 0.3) is 11.5 Å². The summed E-state index contributed by atoms with van der Waals surface area (Å²) in [6, 6.07) is 7.23. The summed E-state index contributed by atoms with van der Waals surface area (Å²) < 4.78 is 1.45. The Hall–Kier alpha value is -2.70. The SMILES string of the molecule is CCCCCn1nc(C(=O)N2CCC(C(=O)N3CCCC3)CC2)c2ccccc2c1=O. The van der Waals surface area contributed by atoms with E-state index < -0.39 is 0 Å². The second-order valence-electron chi connectivity index (χ2n) is 8.73. The molecule has 2 amide bonds. The first kappa shape index (κ1) is 21.5. The second-order valence-corrected chi connectivity index (χ2v) is 8.73. The average Bonchev–Trinajstić information content (AvgIpc) is 3.35. The summed E-state index contributed by atoms with van der Waals surface area (Å²) in [5, 5.41) is 5.65. The van der Waals surface area contributed by atoms with Crippen molar-refractivity contribution >= 4 is 22.6 Å². The molecule has 0 aliphatic carbocycles. The zero-order chi connectivity index (χ0) is 21.8. The zero-order valence-corrected chi connectivity index (χ0v) is 18.4. The smallest absolute Gasteiger partial charge is 0.274 e. The van der Waals surface area contributed by atoms with Crippen molar-refractivity contribution in [2.24, 2.45) is 5.92 Å². The largest absolute Gasteiger partial charge is 0.342 e. The summed E-state index contributed by atoms with van der Waals surface area (Å²) in [5.41, 5.74) is 0.203. The molecule has 0 bridgehead atoms. The maximum atomic E-state index is 13.4. The lowest BCUT2D eigenvalue weighted by molar-refractivity contribution is -0.135. The van der Waals surface area contributed by atoms with Gasteiger partial charge in [0, 0.05) is 44.0 Å². The highest BCUT2D eigenvalue weighted by atomic mass is 16.2. The van der Waals surface area contributed by atoms with Crippen LogP contribution in [0.2, 0.25) is 0 Å². The molecule has 0 radical (unpaired) electrons. The average molecular weight is 425 g/mol. The monoisotopic (exact) mass is 424 g/mol. The van der Waals surface area contributed by atoms with Gasteiger partial charge in [-0.05, 0) is 38.2 Å². The summed E-state index contributed by atoms with van der Waals surface area (Å²) >= 11 is 0. The van der Waals surface area contributed by atoms with Gasteiger partial charge in [0.15, 0.2) is 5.69 Å². The number of fused-ring (bicyclic) bond motifs is 1. The highest BCUT2D eigenvalue weighted by Crippen LogP contribution is 2.24. The molecule has 0 unspecified atom stereocenters. The van der Waals surface area contributed by atoms with E-state index in [4.69, 9.17) is 0 Å². The lowest BCUT2D eigenvalue weighted by Crippen LogP contribution is -2.44. The number of aryl methyl sites for hydroxylation is 1. The fraction of sp³-hybridized carbons (Fsp3) is 0.583. The Morgan fingerprint density at radius 1 is 0.968 bits per heavy atom. The first-order valence-electron chi connectivity index (χ1n) is 11.7. The summed E-state index contributed by atoms with van der Waals surface area (Å²) in [7, 11) is 0. The van der Waals surface area contributed by atoms with Crippen LogP contribution in [0.25, 0.3) is 10.8 Å². The first-order valence-corrected chi connectivity index (χ1v) is 11.7. The molecule has 2 aromatic rings. The van der Waals surface area contributed by atoms with Gasteiger partial charge in [-0.3, -0.25) is 14.4 Å². The van der Waals surface area contributed by atoms with Crippen LogP contribution in [0.15, 0.2) is 29.1 Å². The van der Waals surface area contributed by atoms with Crippen LogP contribution >= 0.6 is 0 Å². The fourth-order valence-electron chi connectivity index (χ4n) is 4.73. The minimum atomic E-state index is -0.146. The number of piperidine rings is 1. The Morgan fingerprint density at radius 3 is 2.32 bits per heavy atom. The molecule has 166 valence electrons. The molecule has 1 aromatic heterocycles. The molecule has 2 saturated heterocycles. The Bertz CT molecular complexity index is 1000. The van der Waals surface area contributed by atoms with Gasteiger partial charge in [-0.15, -0.1) is 0 Å². The maximum Gasteiger partial charge on any atom is 0.274 e. The topological polar surface area (TPSA) is 75.5 Å². The number of hydrogen-bond acceptors (Lipinski definition) is 4. The fourth-order valence-corrected chi connectivity index (χ4v) is 4.73. The molecule has 4 rings (SSSR count). The van der Waals surface area contributed by atoms with Crippen LogP contribution in [0, 0.1) is 5.92 Å². The lowest BCUT2D eigenvalue weighted by atomic mass is 9.95. The first-order chi connectivity index (χ1) is 15.1. The van der Waals surface area contributed by atoms with Gasteiger partial charge >= 0.3 is 0 Å². The number of likely N-dealkylation sites (tertiary alicyclic amines) is 2. The van der Waals surface area contributed by atoms with Crippen molar-refractivity contribution in [3.05, 3.63) is 40.3 Å². The normalized spacial score (nSPS) is 17.5. The van der Waals surface area contributed by atoms with E-state index in [9.17, 15) is 14.4 Å². The highest BCUT2D eigenvalue weighted by Gasteiger charge is 2.32. The van der Waals surface area contributed by atoms with Crippen LogP contribution in [-0.2, 0) is 11.3 Å². The van der Waals surface area contributed by atoms with Gasteiger partial charge in [0.1, 0.15) is 0 Å². The standard InChI is InChI=1S/C24H32N4O3/c1-2-3-6-15-28-23(30)20-10-5-4-9-19(20)21(25-28)24(31)27-16-11-18(12-17-27)22(29)26-13-7-8-14-26/h4-5,9-10,18H,2-3,6-8,11-17H2,1H3. The van der Waals surface area contributed by atoms with Crippen LogP contribution in [0.1, 0.15) is 62.4 Å². The molecule has 0 N–H and O–H groups in total. The van der Waals surface area contributed by atoms with Crippen LogP contribution in [0.5, 0.6) is 0 Å². The van der Waals surface area contributed by atoms with Crippen molar-refractivity contribution in [2.45, 2.75) is 58.4 Å². The molecule has 2 aliphatic rings. The van der Waals surface area contributed by atoms with Gasteiger partial charge in [-0.2, -0.15) is 5.10 Å². The molecule has 7 heteroatoms. The van der Waals surface area contributed by atoms with E-state index in [1.807, 2.05) is 17.0 Å². The third kappa shape index (κ3) is 4.50. The van der Waals surface area contributed by atoms with Crippen molar-refractivity contribution in [1.29, 1.82) is 0 Å². The number of benzene rings is 1. The van der Waals surface area contributed by atoms with E-state index in [2.05, 4.69) is 12.0 Å². The van der Waals surface area contributed by atoms with Crippen LogP contribution in [0.4, 0.5) is 0 Å². The summed E-state index contributed by atoms with van der Waals surface area (Å²) in [5.74, 6) is 0.111. The molecule has 2 aliphatic heterocycles. The number of carbonyl (C=O) groups is 2. The molecule has 7 nitrogen and oxygen atoms in total. The van der Waals surface area contributed by atoms with Crippen molar-refractivity contribution in [1.82, 2.24) is 19.6 Å². The molecule has 2 fully saturated rings. The van der Waals surface area contributed by atoms with Gasteiger partial charge in [0.05, 0.1) is 5.39 Å². The van der Waals surface area contributed by atoms with Gasteiger partial charge in [-0.25, -0.2) is 4.68 Å². The third-order valence-corrected chi connectivity index (χ3v) is 6.59. The van der Waals surface area contributed by atoms with E-state index in [0.717, 1.165) is 45.2 Å². The Labute approximate surface area is 183 Å². The molecule has 0 saturated carbocycles. The van der Waals surface area contributed by atoms with Crippen molar-refractivity contribution in [3.63, 3.8) is 0 Å². The van der Waals surface area contributed by atoms with Crippen molar-refractivity contribution in [3.8, 4) is 0 Å². The van der Waals surface area contributed by atoms with Crippen LogP contribution in [-0.4, -0.2) is 57.6 Å². The molecular formula is C24H32N4O3. The molecule has 1 aromatic carbocycles. The summed E-state index contributed by atoms with van der Waals surface area (Å²) in [4.78, 5) is 42.7. The molecule has 0 atom stereocenters. The Kier molecular flexibility index (Phi) is 6.68. The zero-order valence-electron chi connectivity index (χ0n) is 18.4. The Balaban J connectivity index is 1.53. The van der Waals surface area contributed by atoms with Crippen molar-refractivity contribution < 1.29 is 9.59 Å².